The van der Waals surface area contributed by atoms with Crippen molar-refractivity contribution >= 4 is 29.2 Å². The van der Waals surface area contributed by atoms with Gasteiger partial charge in [-0.3, -0.25) is 9.79 Å². The van der Waals surface area contributed by atoms with E-state index < -0.39 is 0 Å². The van der Waals surface area contributed by atoms with Crippen molar-refractivity contribution in [2.24, 2.45) is 4.99 Å². The maximum atomic E-state index is 12.1. The molecule has 2 aromatic carbocycles. The zero-order valence-corrected chi connectivity index (χ0v) is 17.3. The Bertz CT molecular complexity index is 824. The van der Waals surface area contributed by atoms with Crippen LogP contribution in [0, 0.1) is 6.92 Å². The van der Waals surface area contributed by atoms with Gasteiger partial charge >= 0.3 is 0 Å². The normalized spacial score (nSPS) is 11.1. The highest BCUT2D eigenvalue weighted by molar-refractivity contribution is 6.33. The number of nitrogens with one attached hydrogen (secondary N) is 3. The number of benzene rings is 2. The molecule has 28 heavy (non-hydrogen) atoms. The highest BCUT2D eigenvalue weighted by atomic mass is 35.5. The third-order valence-electron chi connectivity index (χ3n) is 4.15. The van der Waals surface area contributed by atoms with Crippen LogP contribution in [0.2, 0.25) is 5.02 Å². The van der Waals surface area contributed by atoms with Crippen LogP contribution in [0.5, 0.6) is 5.75 Å². The standard InChI is InChI=1S/C21H27ClN4O2/c1-15-8-9-18(17(22)14-15)26-20(27)11-13-25-21(23-2)24-12-10-16-6-4-5-7-19(16)28-3/h4-9,14H,10-13H2,1-3H3,(H,26,27)(H2,23,24,25). The molecule has 0 aliphatic carbocycles. The van der Waals surface area contributed by atoms with Crippen molar-refractivity contribution in [2.45, 2.75) is 19.8 Å². The highest BCUT2D eigenvalue weighted by Crippen LogP contribution is 2.22. The molecule has 0 fully saturated rings. The number of para-hydroxylation sites is 1. The quantitative estimate of drug-likeness (QED) is 0.467. The van der Waals surface area contributed by atoms with Gasteiger partial charge in [0.05, 0.1) is 17.8 Å². The van der Waals surface area contributed by atoms with Crippen molar-refractivity contribution in [3.63, 3.8) is 0 Å². The second-order valence-corrected chi connectivity index (χ2v) is 6.68. The third-order valence-corrected chi connectivity index (χ3v) is 4.46. The van der Waals surface area contributed by atoms with Crippen LogP contribution in [0.25, 0.3) is 0 Å². The Hall–Kier alpha value is -2.73. The Balaban J connectivity index is 1.72. The summed E-state index contributed by atoms with van der Waals surface area (Å²) in [5, 5.41) is 9.74. The summed E-state index contributed by atoms with van der Waals surface area (Å²) in [6.07, 6.45) is 1.11. The summed E-state index contributed by atoms with van der Waals surface area (Å²) in [7, 11) is 3.37. The molecule has 6 nitrogen and oxygen atoms in total. The Morgan fingerprint density at radius 1 is 1.14 bits per heavy atom. The van der Waals surface area contributed by atoms with Crippen LogP contribution in [0.1, 0.15) is 17.5 Å². The summed E-state index contributed by atoms with van der Waals surface area (Å²) in [4.78, 5) is 16.3. The number of aryl methyl sites for hydroxylation is 1. The molecule has 2 aromatic rings. The number of hydrogen-bond acceptors (Lipinski definition) is 3. The van der Waals surface area contributed by atoms with E-state index in [0.717, 1.165) is 23.3 Å². The molecule has 150 valence electrons. The first-order valence-electron chi connectivity index (χ1n) is 9.16. The maximum Gasteiger partial charge on any atom is 0.226 e. The lowest BCUT2D eigenvalue weighted by molar-refractivity contribution is -0.116. The predicted octanol–water partition coefficient (Wildman–Crippen LogP) is 3.39. The van der Waals surface area contributed by atoms with E-state index in [0.29, 0.717) is 36.2 Å². The smallest absolute Gasteiger partial charge is 0.226 e. The van der Waals surface area contributed by atoms with Crippen LogP contribution in [0.15, 0.2) is 47.5 Å². The molecule has 0 aliphatic rings. The Labute approximate surface area is 171 Å². The summed E-state index contributed by atoms with van der Waals surface area (Å²) < 4.78 is 5.36. The van der Waals surface area contributed by atoms with Crippen LogP contribution in [0.4, 0.5) is 5.69 Å². The topological polar surface area (TPSA) is 74.8 Å². The molecule has 0 atom stereocenters. The number of anilines is 1. The lowest BCUT2D eigenvalue weighted by Gasteiger charge is -2.13. The number of rotatable bonds is 8. The zero-order valence-electron chi connectivity index (χ0n) is 16.5. The number of amides is 1. The number of carbonyl (C=O) groups is 1. The van der Waals surface area contributed by atoms with Gasteiger partial charge in [0.2, 0.25) is 5.91 Å². The number of ether oxygens (including phenoxy) is 1. The van der Waals surface area contributed by atoms with Crippen LogP contribution in [0.3, 0.4) is 0 Å². The van der Waals surface area contributed by atoms with Crippen molar-refractivity contribution in [3.8, 4) is 5.75 Å². The number of halogens is 1. The van der Waals surface area contributed by atoms with E-state index in [9.17, 15) is 4.79 Å². The van der Waals surface area contributed by atoms with E-state index in [1.165, 1.54) is 0 Å². The number of aliphatic imine (C=N–C) groups is 1. The molecule has 2 rings (SSSR count). The zero-order chi connectivity index (χ0) is 20.4. The molecule has 0 spiro atoms. The first-order chi connectivity index (χ1) is 13.5. The summed E-state index contributed by atoms with van der Waals surface area (Å²) in [5.41, 5.74) is 2.80. The van der Waals surface area contributed by atoms with Gasteiger partial charge in [-0.05, 0) is 42.7 Å². The summed E-state index contributed by atoms with van der Waals surface area (Å²) in [5.74, 6) is 1.41. The number of nitrogens with zero attached hydrogens (tertiary/aromatic N) is 1. The maximum absolute atomic E-state index is 12.1. The Morgan fingerprint density at radius 2 is 1.89 bits per heavy atom. The van der Waals surface area contributed by atoms with Crippen LogP contribution in [-0.4, -0.2) is 39.1 Å². The van der Waals surface area contributed by atoms with Crippen LogP contribution in [-0.2, 0) is 11.2 Å². The van der Waals surface area contributed by atoms with Gasteiger partial charge in [-0.25, -0.2) is 0 Å². The Kier molecular flexibility index (Phi) is 8.62. The van der Waals surface area contributed by atoms with E-state index in [-0.39, 0.29) is 5.91 Å². The fourth-order valence-electron chi connectivity index (χ4n) is 2.67. The van der Waals surface area contributed by atoms with Crippen molar-refractivity contribution in [2.75, 3.05) is 32.6 Å². The lowest BCUT2D eigenvalue weighted by Crippen LogP contribution is -2.39. The van der Waals surface area contributed by atoms with E-state index >= 15 is 0 Å². The minimum absolute atomic E-state index is 0.109. The summed E-state index contributed by atoms with van der Waals surface area (Å²) >= 11 is 6.14. The molecule has 0 aromatic heterocycles. The summed E-state index contributed by atoms with van der Waals surface area (Å²) in [6, 6.07) is 13.5. The van der Waals surface area contributed by atoms with E-state index in [1.54, 1.807) is 20.2 Å². The van der Waals surface area contributed by atoms with Gasteiger partial charge < -0.3 is 20.7 Å². The van der Waals surface area contributed by atoms with Gasteiger partial charge in [-0.2, -0.15) is 0 Å². The third kappa shape index (κ3) is 6.78. The average molecular weight is 403 g/mol. The molecule has 1 amide bonds. The number of carbonyl (C=O) groups excluding carboxylic acids is 1. The molecule has 0 aliphatic heterocycles. The van der Waals surface area contributed by atoms with Crippen LogP contribution >= 0.6 is 11.6 Å². The van der Waals surface area contributed by atoms with Gasteiger partial charge in [0.1, 0.15) is 5.75 Å². The molecular formula is C21H27ClN4O2. The molecular weight excluding hydrogens is 376 g/mol. The largest absolute Gasteiger partial charge is 0.496 e. The number of methoxy groups -OCH3 is 1. The first-order valence-corrected chi connectivity index (χ1v) is 9.53. The molecule has 0 saturated carbocycles. The van der Waals surface area contributed by atoms with Gasteiger partial charge in [0.15, 0.2) is 5.96 Å². The van der Waals surface area contributed by atoms with Gasteiger partial charge in [0.25, 0.3) is 0 Å². The summed E-state index contributed by atoms with van der Waals surface area (Å²) in [6.45, 7) is 3.11. The second-order valence-electron chi connectivity index (χ2n) is 6.27. The molecule has 0 unspecified atom stereocenters. The van der Waals surface area contributed by atoms with E-state index in [4.69, 9.17) is 16.3 Å². The van der Waals surface area contributed by atoms with Crippen molar-refractivity contribution < 1.29 is 9.53 Å². The Morgan fingerprint density at radius 3 is 2.61 bits per heavy atom. The molecule has 3 N–H and O–H groups in total. The van der Waals surface area contributed by atoms with Gasteiger partial charge in [-0.15, -0.1) is 0 Å². The SMILES string of the molecule is CN=C(NCCC(=O)Nc1ccc(C)cc1Cl)NCCc1ccccc1OC. The van der Waals surface area contributed by atoms with Crippen molar-refractivity contribution in [1.82, 2.24) is 10.6 Å². The number of guanidine groups is 1. The second kappa shape index (κ2) is 11.2. The average Bonchev–Trinajstić information content (AvgIpc) is 2.69. The van der Waals surface area contributed by atoms with E-state index in [2.05, 4.69) is 20.9 Å². The van der Waals surface area contributed by atoms with Gasteiger partial charge in [-0.1, -0.05) is 35.9 Å². The molecule has 0 bridgehead atoms. The van der Waals surface area contributed by atoms with Crippen LogP contribution < -0.4 is 20.7 Å². The van der Waals surface area contributed by atoms with Crippen molar-refractivity contribution in [3.05, 3.63) is 58.6 Å². The molecule has 0 heterocycles. The molecule has 0 saturated heterocycles. The molecule has 0 radical (unpaired) electrons. The minimum Gasteiger partial charge on any atom is -0.496 e. The molecule has 7 heteroatoms. The highest BCUT2D eigenvalue weighted by Gasteiger charge is 2.07. The fourth-order valence-corrected chi connectivity index (χ4v) is 2.96. The fraction of sp³-hybridized carbons (Fsp3) is 0.333. The lowest BCUT2D eigenvalue weighted by atomic mass is 10.1. The monoisotopic (exact) mass is 402 g/mol. The van der Waals surface area contributed by atoms with E-state index in [1.807, 2.05) is 43.3 Å². The first kappa shape index (κ1) is 21.6. The minimum atomic E-state index is -0.109. The van der Waals surface area contributed by atoms with Crippen molar-refractivity contribution in [1.29, 1.82) is 0 Å². The van der Waals surface area contributed by atoms with Gasteiger partial charge in [0, 0.05) is 26.6 Å². The number of hydrogen-bond donors (Lipinski definition) is 3. The predicted molar refractivity (Wildman–Crippen MR) is 115 cm³/mol.